The van der Waals surface area contributed by atoms with Crippen molar-refractivity contribution in [1.82, 2.24) is 20.8 Å². The molecule has 1 aromatic rings. The minimum absolute atomic E-state index is 0.310. The Labute approximate surface area is 108 Å². The first-order chi connectivity index (χ1) is 8.90. The van der Waals surface area contributed by atoms with Gasteiger partial charge in [0.25, 0.3) is 0 Å². The predicted molar refractivity (Wildman–Crippen MR) is 65.7 cm³/mol. The van der Waals surface area contributed by atoms with Crippen molar-refractivity contribution in [3.8, 4) is 0 Å². The highest BCUT2D eigenvalue weighted by atomic mass is 16.4. The van der Waals surface area contributed by atoms with Crippen molar-refractivity contribution in [2.24, 2.45) is 0 Å². The van der Waals surface area contributed by atoms with Crippen LogP contribution in [0.25, 0.3) is 0 Å². The summed E-state index contributed by atoms with van der Waals surface area (Å²) in [6, 6.07) is -0.571. The Hall–Kier alpha value is -2.58. The van der Waals surface area contributed by atoms with Crippen molar-refractivity contribution >= 4 is 23.6 Å². The van der Waals surface area contributed by atoms with Gasteiger partial charge in [0, 0.05) is 0 Å². The Morgan fingerprint density at radius 1 is 1.21 bits per heavy atom. The van der Waals surface area contributed by atoms with E-state index in [1.807, 2.05) is 0 Å². The normalized spacial score (nSPS) is 9.79. The number of hydrogen-bond acceptors (Lipinski definition) is 4. The van der Waals surface area contributed by atoms with E-state index in [4.69, 9.17) is 5.11 Å². The highest BCUT2D eigenvalue weighted by Crippen LogP contribution is 2.15. The van der Waals surface area contributed by atoms with E-state index in [0.29, 0.717) is 17.1 Å². The van der Waals surface area contributed by atoms with Crippen molar-refractivity contribution < 1.29 is 19.5 Å². The van der Waals surface area contributed by atoms with Crippen LogP contribution in [0.1, 0.15) is 11.4 Å². The molecule has 9 nitrogen and oxygen atoms in total. The Morgan fingerprint density at radius 3 is 2.42 bits per heavy atom. The number of aliphatic carboxylic acids is 1. The summed E-state index contributed by atoms with van der Waals surface area (Å²) in [5, 5.41) is 21.9. The van der Waals surface area contributed by atoms with Gasteiger partial charge in [-0.2, -0.15) is 5.10 Å². The van der Waals surface area contributed by atoms with E-state index in [-0.39, 0.29) is 6.54 Å². The van der Waals surface area contributed by atoms with Crippen molar-refractivity contribution in [1.29, 1.82) is 0 Å². The average Bonchev–Trinajstić information content (AvgIpc) is 2.65. The SMILES string of the molecule is Cc1n[nH]c(C)c1NC(=O)NCC(=O)NCC(=O)O. The molecule has 0 bridgehead atoms. The van der Waals surface area contributed by atoms with Gasteiger partial charge in [0.1, 0.15) is 6.54 Å². The topological polar surface area (TPSA) is 136 Å². The van der Waals surface area contributed by atoms with E-state index in [9.17, 15) is 14.4 Å². The van der Waals surface area contributed by atoms with Crippen molar-refractivity contribution in [2.75, 3.05) is 18.4 Å². The second kappa shape index (κ2) is 6.38. The van der Waals surface area contributed by atoms with Crippen molar-refractivity contribution in [3.63, 3.8) is 0 Å². The van der Waals surface area contributed by atoms with Crippen LogP contribution in [0.2, 0.25) is 0 Å². The molecule has 9 heteroatoms. The molecule has 0 aliphatic rings. The molecule has 1 rings (SSSR count). The Bertz CT molecular complexity index is 477. The number of anilines is 1. The predicted octanol–water partition coefficient (Wildman–Crippen LogP) is -0.651. The number of urea groups is 1. The molecular formula is C10H15N5O4. The lowest BCUT2D eigenvalue weighted by Gasteiger charge is -2.07. The number of carbonyl (C=O) groups is 3. The number of carboxylic acid groups (broad SMARTS) is 1. The highest BCUT2D eigenvalue weighted by molar-refractivity contribution is 5.93. The van der Waals surface area contributed by atoms with E-state index in [2.05, 4.69) is 26.1 Å². The van der Waals surface area contributed by atoms with Gasteiger partial charge in [-0.3, -0.25) is 14.7 Å². The van der Waals surface area contributed by atoms with Crippen LogP contribution < -0.4 is 16.0 Å². The summed E-state index contributed by atoms with van der Waals surface area (Å²) in [7, 11) is 0. The lowest BCUT2D eigenvalue weighted by molar-refractivity contribution is -0.137. The van der Waals surface area contributed by atoms with E-state index in [1.54, 1.807) is 13.8 Å². The Kier molecular flexibility index (Phi) is 4.86. The van der Waals surface area contributed by atoms with Crippen LogP contribution in [0.5, 0.6) is 0 Å². The van der Waals surface area contributed by atoms with Gasteiger partial charge in [-0.1, -0.05) is 0 Å². The smallest absolute Gasteiger partial charge is 0.322 e. The monoisotopic (exact) mass is 269 g/mol. The summed E-state index contributed by atoms with van der Waals surface area (Å²) in [5.41, 5.74) is 1.87. The van der Waals surface area contributed by atoms with E-state index >= 15 is 0 Å². The minimum Gasteiger partial charge on any atom is -0.480 e. The zero-order chi connectivity index (χ0) is 14.4. The molecule has 0 aliphatic heterocycles. The lowest BCUT2D eigenvalue weighted by Crippen LogP contribution is -2.40. The van der Waals surface area contributed by atoms with Crippen LogP contribution in [-0.4, -0.2) is 46.3 Å². The molecule has 0 fully saturated rings. The zero-order valence-corrected chi connectivity index (χ0v) is 10.5. The van der Waals surface area contributed by atoms with Crippen LogP contribution in [0, 0.1) is 13.8 Å². The molecule has 0 aromatic carbocycles. The lowest BCUT2D eigenvalue weighted by atomic mass is 10.3. The number of carboxylic acids is 1. The first-order valence-corrected chi connectivity index (χ1v) is 5.45. The van der Waals surface area contributed by atoms with E-state index < -0.39 is 24.5 Å². The van der Waals surface area contributed by atoms with Gasteiger partial charge in [0.2, 0.25) is 5.91 Å². The molecule has 1 heterocycles. The third-order valence-electron chi connectivity index (χ3n) is 2.21. The number of aromatic nitrogens is 2. The molecule has 0 saturated heterocycles. The minimum atomic E-state index is -1.15. The third kappa shape index (κ3) is 4.66. The van der Waals surface area contributed by atoms with Gasteiger partial charge in [-0.25, -0.2) is 4.79 Å². The molecule has 0 unspecified atom stereocenters. The first kappa shape index (κ1) is 14.5. The third-order valence-corrected chi connectivity index (χ3v) is 2.21. The number of nitrogens with one attached hydrogen (secondary N) is 4. The number of aromatic amines is 1. The summed E-state index contributed by atoms with van der Waals surface area (Å²) in [6.45, 7) is 2.67. The van der Waals surface area contributed by atoms with Gasteiger partial charge in [-0.15, -0.1) is 0 Å². The summed E-state index contributed by atoms with van der Waals surface area (Å²) >= 11 is 0. The second-order valence-electron chi connectivity index (χ2n) is 3.79. The maximum atomic E-state index is 11.5. The van der Waals surface area contributed by atoms with Gasteiger partial charge >= 0.3 is 12.0 Å². The number of rotatable bonds is 5. The number of hydrogen-bond donors (Lipinski definition) is 5. The highest BCUT2D eigenvalue weighted by Gasteiger charge is 2.11. The summed E-state index contributed by atoms with van der Waals surface area (Å²) in [5.74, 6) is -1.74. The molecule has 19 heavy (non-hydrogen) atoms. The van der Waals surface area contributed by atoms with Crippen LogP contribution >= 0.6 is 0 Å². The Morgan fingerprint density at radius 2 is 1.89 bits per heavy atom. The molecular weight excluding hydrogens is 254 g/mol. The number of nitrogens with zero attached hydrogens (tertiary/aromatic N) is 1. The fraction of sp³-hybridized carbons (Fsp3) is 0.400. The Balaban J connectivity index is 2.36. The number of carbonyl (C=O) groups excluding carboxylic acids is 2. The molecule has 3 amide bonds. The average molecular weight is 269 g/mol. The molecule has 104 valence electrons. The van der Waals surface area contributed by atoms with Crippen LogP contribution in [-0.2, 0) is 9.59 Å². The molecule has 0 aliphatic carbocycles. The van der Waals surface area contributed by atoms with Crippen LogP contribution in [0.3, 0.4) is 0 Å². The molecule has 5 N–H and O–H groups in total. The molecule has 0 atom stereocenters. The summed E-state index contributed by atoms with van der Waals surface area (Å²) in [4.78, 5) is 32.9. The number of H-pyrrole nitrogens is 1. The van der Waals surface area contributed by atoms with Gasteiger partial charge in [-0.05, 0) is 13.8 Å². The maximum Gasteiger partial charge on any atom is 0.322 e. The molecule has 1 aromatic heterocycles. The van der Waals surface area contributed by atoms with E-state index in [1.165, 1.54) is 0 Å². The summed E-state index contributed by atoms with van der Waals surface area (Å²) < 4.78 is 0. The van der Waals surface area contributed by atoms with Gasteiger partial charge < -0.3 is 21.1 Å². The standard InChI is InChI=1S/C10H15N5O4/c1-5-9(6(2)15-14-5)13-10(19)12-3-7(16)11-4-8(17)18/h3-4H2,1-2H3,(H,11,16)(H,14,15)(H,17,18)(H2,12,13,19). The second-order valence-corrected chi connectivity index (χ2v) is 3.79. The fourth-order valence-corrected chi connectivity index (χ4v) is 1.29. The van der Waals surface area contributed by atoms with Gasteiger partial charge in [0.05, 0.1) is 23.6 Å². The van der Waals surface area contributed by atoms with Crippen LogP contribution in [0.4, 0.5) is 10.5 Å². The van der Waals surface area contributed by atoms with Crippen molar-refractivity contribution in [3.05, 3.63) is 11.4 Å². The molecule has 0 radical (unpaired) electrons. The maximum absolute atomic E-state index is 11.5. The first-order valence-electron chi connectivity index (χ1n) is 5.45. The number of amides is 3. The quantitative estimate of drug-likeness (QED) is 0.484. The van der Waals surface area contributed by atoms with Gasteiger partial charge in [0.15, 0.2) is 0 Å². The number of aryl methyl sites for hydroxylation is 2. The molecule has 0 spiro atoms. The summed E-state index contributed by atoms with van der Waals surface area (Å²) in [6.07, 6.45) is 0. The zero-order valence-electron chi connectivity index (χ0n) is 10.5. The van der Waals surface area contributed by atoms with Crippen LogP contribution in [0.15, 0.2) is 0 Å². The van der Waals surface area contributed by atoms with Crippen molar-refractivity contribution in [2.45, 2.75) is 13.8 Å². The largest absolute Gasteiger partial charge is 0.480 e. The van der Waals surface area contributed by atoms with E-state index in [0.717, 1.165) is 0 Å². The molecule has 0 saturated carbocycles. The fourth-order valence-electron chi connectivity index (χ4n) is 1.29.